The fourth-order valence-corrected chi connectivity index (χ4v) is 3.80. The molecule has 2 saturated heterocycles. The second-order valence-corrected chi connectivity index (χ2v) is 6.92. The molecule has 6 nitrogen and oxygen atoms in total. The van der Waals surface area contributed by atoms with Crippen LogP contribution in [-0.4, -0.2) is 63.3 Å². The molecule has 0 saturated carbocycles. The SMILES string of the molecule is CC[C@H](C)N1CCC2(CC1)C(=O)N(Cc1cccnc1)C(=O)N2C. The van der Waals surface area contributed by atoms with Gasteiger partial charge in [0.05, 0.1) is 6.54 Å². The number of nitrogens with zero attached hydrogens (tertiary/aromatic N) is 4. The summed E-state index contributed by atoms with van der Waals surface area (Å²) < 4.78 is 0. The lowest BCUT2D eigenvalue weighted by Gasteiger charge is -2.42. The summed E-state index contributed by atoms with van der Waals surface area (Å²) in [5.41, 5.74) is 0.213. The minimum Gasteiger partial charge on any atom is -0.312 e. The van der Waals surface area contributed by atoms with Crippen molar-refractivity contribution >= 4 is 11.9 Å². The van der Waals surface area contributed by atoms with Crippen LogP contribution < -0.4 is 0 Å². The number of carbonyl (C=O) groups excluding carboxylic acids is 2. The lowest BCUT2D eigenvalue weighted by molar-refractivity contribution is -0.135. The van der Waals surface area contributed by atoms with Crippen molar-refractivity contribution in [2.45, 2.75) is 51.2 Å². The maximum atomic E-state index is 13.1. The van der Waals surface area contributed by atoms with E-state index in [2.05, 4.69) is 23.7 Å². The Morgan fingerprint density at radius 2 is 2.00 bits per heavy atom. The molecule has 3 heterocycles. The van der Waals surface area contributed by atoms with E-state index in [4.69, 9.17) is 0 Å². The molecule has 0 aromatic carbocycles. The quantitative estimate of drug-likeness (QED) is 0.794. The van der Waals surface area contributed by atoms with Crippen LogP contribution in [0.1, 0.15) is 38.7 Å². The van der Waals surface area contributed by atoms with E-state index in [0.717, 1.165) is 25.1 Å². The summed E-state index contributed by atoms with van der Waals surface area (Å²) in [6, 6.07) is 4.04. The van der Waals surface area contributed by atoms with Crippen LogP contribution in [0.2, 0.25) is 0 Å². The highest BCUT2D eigenvalue weighted by Crippen LogP contribution is 2.37. The number of pyridine rings is 1. The van der Waals surface area contributed by atoms with Crippen molar-refractivity contribution in [3.05, 3.63) is 30.1 Å². The van der Waals surface area contributed by atoms with E-state index >= 15 is 0 Å². The molecular weight excluding hydrogens is 304 g/mol. The summed E-state index contributed by atoms with van der Waals surface area (Å²) in [5.74, 6) is -0.0531. The second kappa shape index (κ2) is 6.51. The van der Waals surface area contributed by atoms with Crippen LogP contribution in [0.15, 0.2) is 24.5 Å². The molecule has 1 spiro atoms. The molecule has 1 aromatic rings. The monoisotopic (exact) mass is 330 g/mol. The van der Waals surface area contributed by atoms with Crippen LogP contribution in [0.5, 0.6) is 0 Å². The molecular formula is C18H26N4O2. The first kappa shape index (κ1) is 16.9. The number of hydrogen-bond donors (Lipinski definition) is 0. The van der Waals surface area contributed by atoms with E-state index < -0.39 is 5.54 Å². The van der Waals surface area contributed by atoms with Gasteiger partial charge in [0.25, 0.3) is 5.91 Å². The van der Waals surface area contributed by atoms with Gasteiger partial charge in [-0.05, 0) is 37.8 Å². The third-order valence-corrected chi connectivity index (χ3v) is 5.71. The predicted molar refractivity (Wildman–Crippen MR) is 91.2 cm³/mol. The van der Waals surface area contributed by atoms with Crippen molar-refractivity contribution in [3.8, 4) is 0 Å². The Balaban J connectivity index is 1.76. The minimum absolute atomic E-state index is 0.0531. The van der Waals surface area contributed by atoms with Gasteiger partial charge in [0.2, 0.25) is 0 Å². The molecule has 2 aliphatic heterocycles. The molecule has 3 rings (SSSR count). The summed E-state index contributed by atoms with van der Waals surface area (Å²) in [4.78, 5) is 35.3. The summed E-state index contributed by atoms with van der Waals surface area (Å²) in [5, 5.41) is 0. The molecule has 0 bridgehead atoms. The van der Waals surface area contributed by atoms with Gasteiger partial charge >= 0.3 is 6.03 Å². The Morgan fingerprint density at radius 1 is 1.29 bits per heavy atom. The smallest absolute Gasteiger partial charge is 0.312 e. The molecule has 0 unspecified atom stereocenters. The number of piperidine rings is 1. The molecule has 2 aliphatic rings. The standard InChI is InChI=1S/C18H26N4O2/c1-4-14(2)21-10-7-18(8-11-21)16(23)22(17(24)20(18)3)13-15-6-5-9-19-12-15/h5-6,9,12,14H,4,7-8,10-11,13H2,1-3H3/t14-/m0/s1. The van der Waals surface area contributed by atoms with E-state index in [1.54, 1.807) is 24.3 Å². The third kappa shape index (κ3) is 2.69. The van der Waals surface area contributed by atoms with Gasteiger partial charge in [0, 0.05) is 38.6 Å². The first-order chi connectivity index (χ1) is 11.5. The van der Waals surface area contributed by atoms with Gasteiger partial charge in [-0.3, -0.25) is 14.7 Å². The Morgan fingerprint density at radius 3 is 2.58 bits per heavy atom. The van der Waals surface area contributed by atoms with Crippen molar-refractivity contribution in [3.63, 3.8) is 0 Å². The fraction of sp³-hybridized carbons (Fsp3) is 0.611. The van der Waals surface area contributed by atoms with Crippen molar-refractivity contribution in [2.75, 3.05) is 20.1 Å². The fourth-order valence-electron chi connectivity index (χ4n) is 3.80. The summed E-state index contributed by atoms with van der Waals surface area (Å²) >= 11 is 0. The Labute approximate surface area is 143 Å². The minimum atomic E-state index is -0.663. The average Bonchev–Trinajstić information content (AvgIpc) is 2.79. The Bertz CT molecular complexity index is 611. The lowest BCUT2D eigenvalue weighted by Crippen LogP contribution is -2.56. The maximum absolute atomic E-state index is 13.1. The molecule has 24 heavy (non-hydrogen) atoms. The maximum Gasteiger partial charge on any atom is 0.327 e. The normalized spacial score (nSPS) is 22.5. The van der Waals surface area contributed by atoms with Gasteiger partial charge < -0.3 is 9.80 Å². The zero-order chi connectivity index (χ0) is 17.3. The molecule has 1 aromatic heterocycles. The third-order valence-electron chi connectivity index (χ3n) is 5.71. The molecule has 0 N–H and O–H groups in total. The molecule has 6 heteroatoms. The van der Waals surface area contributed by atoms with E-state index in [1.165, 1.54) is 4.90 Å². The van der Waals surface area contributed by atoms with Gasteiger partial charge in [-0.25, -0.2) is 4.79 Å². The van der Waals surface area contributed by atoms with E-state index in [1.807, 2.05) is 12.1 Å². The molecule has 0 aliphatic carbocycles. The van der Waals surface area contributed by atoms with E-state index in [0.29, 0.717) is 25.4 Å². The van der Waals surface area contributed by atoms with Crippen molar-refractivity contribution in [1.29, 1.82) is 0 Å². The van der Waals surface area contributed by atoms with Gasteiger partial charge in [-0.1, -0.05) is 13.0 Å². The number of amides is 3. The second-order valence-electron chi connectivity index (χ2n) is 6.92. The van der Waals surface area contributed by atoms with E-state index in [-0.39, 0.29) is 11.9 Å². The number of likely N-dealkylation sites (tertiary alicyclic amines) is 1. The zero-order valence-corrected chi connectivity index (χ0v) is 14.7. The Hall–Kier alpha value is -1.95. The van der Waals surface area contributed by atoms with Gasteiger partial charge in [-0.2, -0.15) is 0 Å². The number of rotatable bonds is 4. The lowest BCUT2D eigenvalue weighted by atomic mass is 9.85. The number of carbonyl (C=O) groups is 2. The van der Waals surface area contributed by atoms with Gasteiger partial charge in [0.1, 0.15) is 5.54 Å². The topological polar surface area (TPSA) is 56.8 Å². The van der Waals surface area contributed by atoms with E-state index in [9.17, 15) is 9.59 Å². The molecule has 3 amide bonds. The first-order valence-electron chi connectivity index (χ1n) is 8.72. The van der Waals surface area contributed by atoms with Crippen LogP contribution in [0, 0.1) is 0 Å². The molecule has 130 valence electrons. The zero-order valence-electron chi connectivity index (χ0n) is 14.7. The van der Waals surface area contributed by atoms with Crippen LogP contribution in [0.3, 0.4) is 0 Å². The van der Waals surface area contributed by atoms with Crippen molar-refractivity contribution < 1.29 is 9.59 Å². The average molecular weight is 330 g/mol. The summed E-state index contributed by atoms with van der Waals surface area (Å²) in [7, 11) is 1.77. The predicted octanol–water partition coefficient (Wildman–Crippen LogP) is 2.11. The molecule has 2 fully saturated rings. The summed E-state index contributed by atoms with van der Waals surface area (Å²) in [6.07, 6.45) is 5.92. The number of likely N-dealkylation sites (N-methyl/N-ethyl adjacent to an activating group) is 1. The van der Waals surface area contributed by atoms with Crippen LogP contribution in [-0.2, 0) is 11.3 Å². The summed E-state index contributed by atoms with van der Waals surface area (Å²) in [6.45, 7) is 6.42. The van der Waals surface area contributed by atoms with Crippen molar-refractivity contribution in [2.24, 2.45) is 0 Å². The molecule has 0 radical (unpaired) electrons. The number of imide groups is 1. The highest BCUT2D eigenvalue weighted by Gasteiger charge is 2.56. The largest absolute Gasteiger partial charge is 0.327 e. The highest BCUT2D eigenvalue weighted by molar-refractivity contribution is 6.06. The first-order valence-corrected chi connectivity index (χ1v) is 8.72. The van der Waals surface area contributed by atoms with Crippen LogP contribution in [0.25, 0.3) is 0 Å². The number of hydrogen-bond acceptors (Lipinski definition) is 4. The van der Waals surface area contributed by atoms with Crippen LogP contribution in [0.4, 0.5) is 4.79 Å². The Kier molecular flexibility index (Phi) is 4.58. The number of aromatic nitrogens is 1. The van der Waals surface area contributed by atoms with Crippen LogP contribution >= 0.6 is 0 Å². The molecule has 1 atom stereocenters. The van der Waals surface area contributed by atoms with Crippen molar-refractivity contribution in [1.82, 2.24) is 19.7 Å². The van der Waals surface area contributed by atoms with Gasteiger partial charge in [0.15, 0.2) is 0 Å². The number of urea groups is 1. The highest BCUT2D eigenvalue weighted by atomic mass is 16.2. The van der Waals surface area contributed by atoms with Gasteiger partial charge in [-0.15, -0.1) is 0 Å².